The Morgan fingerprint density at radius 2 is 1.78 bits per heavy atom. The second-order valence-electron chi connectivity index (χ2n) is 6.32. The van der Waals surface area contributed by atoms with Crippen molar-refractivity contribution in [3.63, 3.8) is 0 Å². The summed E-state index contributed by atoms with van der Waals surface area (Å²) in [6.45, 7) is 3.01. The van der Waals surface area contributed by atoms with Gasteiger partial charge in [0, 0.05) is 18.9 Å². The molecule has 0 aliphatic heterocycles. The molecule has 0 aromatic heterocycles. The smallest absolute Gasteiger partial charge is 0.299 e. The molecule has 0 saturated carbocycles. The van der Waals surface area contributed by atoms with Crippen LogP contribution in [-0.4, -0.2) is 39.9 Å². The highest BCUT2D eigenvalue weighted by molar-refractivity contribution is 7.87. The molecule has 27 heavy (non-hydrogen) atoms. The van der Waals surface area contributed by atoms with E-state index in [0.29, 0.717) is 10.8 Å². The Labute approximate surface area is 158 Å². The number of anilines is 1. The monoisotopic (exact) mass is 393 g/mol. The molecule has 2 rings (SSSR count). The summed E-state index contributed by atoms with van der Waals surface area (Å²) in [6.07, 6.45) is 0.161. The van der Waals surface area contributed by atoms with Crippen molar-refractivity contribution in [2.24, 2.45) is 0 Å². The van der Waals surface area contributed by atoms with E-state index in [-0.39, 0.29) is 29.2 Å². The highest BCUT2D eigenvalue weighted by Crippen LogP contribution is 2.32. The average Bonchev–Trinajstić information content (AvgIpc) is 2.65. The maximum Gasteiger partial charge on any atom is 0.299 e. The number of ketones is 1. The molecule has 0 radical (unpaired) electrons. The minimum Gasteiger partial charge on any atom is -0.371 e. The third-order valence-corrected chi connectivity index (χ3v) is 6.03. The summed E-state index contributed by atoms with van der Waals surface area (Å²) < 4.78 is 34.7. The zero-order valence-corrected chi connectivity index (χ0v) is 16.6. The van der Waals surface area contributed by atoms with E-state index < -0.39 is 21.6 Å². The topological polar surface area (TPSA) is 98.8 Å². The van der Waals surface area contributed by atoms with E-state index >= 15 is 0 Å². The number of hydrogen-bond donors (Lipinski definition) is 1. The van der Waals surface area contributed by atoms with Crippen molar-refractivity contribution in [1.82, 2.24) is 0 Å². The summed E-state index contributed by atoms with van der Waals surface area (Å²) in [5, 5.41) is 3.76. The number of hydrogen-bond acceptors (Lipinski definition) is 6. The molecule has 146 valence electrons. The van der Waals surface area contributed by atoms with Crippen molar-refractivity contribution in [1.29, 1.82) is 0 Å². The highest BCUT2D eigenvalue weighted by atomic mass is 32.2. The standard InChI is InChI=1S/C19H23NO6S/c1-13(21)19(2,25-3)12-11-17(22)20-16-10-9-14-7-5-6-8-15(14)18(16)27(23,24)26-4/h5-10H,11-12H2,1-4H3,(H,20,22). The van der Waals surface area contributed by atoms with E-state index in [4.69, 9.17) is 4.74 Å². The third-order valence-electron chi connectivity index (χ3n) is 4.65. The van der Waals surface area contributed by atoms with Gasteiger partial charge in [0.25, 0.3) is 10.1 Å². The third kappa shape index (κ3) is 4.52. The summed E-state index contributed by atoms with van der Waals surface area (Å²) in [5.74, 6) is -0.617. The van der Waals surface area contributed by atoms with E-state index in [1.54, 1.807) is 37.3 Å². The number of ether oxygens (including phenoxy) is 1. The fourth-order valence-electron chi connectivity index (χ4n) is 2.68. The van der Waals surface area contributed by atoms with Crippen molar-refractivity contribution in [2.75, 3.05) is 19.5 Å². The first-order chi connectivity index (χ1) is 12.6. The van der Waals surface area contributed by atoms with Crippen molar-refractivity contribution >= 4 is 38.3 Å². The molecule has 0 heterocycles. The summed E-state index contributed by atoms with van der Waals surface area (Å²) >= 11 is 0. The van der Waals surface area contributed by atoms with E-state index in [1.807, 2.05) is 0 Å². The van der Waals surface area contributed by atoms with Gasteiger partial charge in [0.2, 0.25) is 5.91 Å². The largest absolute Gasteiger partial charge is 0.371 e. The quantitative estimate of drug-likeness (QED) is 0.693. The molecule has 0 aliphatic carbocycles. The minimum atomic E-state index is -4.06. The Kier molecular flexibility index (Phi) is 6.35. The normalized spacial score (nSPS) is 13.9. The Bertz CT molecular complexity index is 969. The number of rotatable bonds is 8. The molecule has 7 nitrogen and oxygen atoms in total. The first-order valence-corrected chi connectivity index (χ1v) is 9.74. The van der Waals surface area contributed by atoms with Crippen LogP contribution in [0.15, 0.2) is 41.3 Å². The van der Waals surface area contributed by atoms with Gasteiger partial charge in [-0.1, -0.05) is 30.3 Å². The summed E-state index contributed by atoms with van der Waals surface area (Å²) in [6, 6.07) is 10.2. The molecule has 1 atom stereocenters. The fraction of sp³-hybridized carbons (Fsp3) is 0.368. The number of fused-ring (bicyclic) bond motifs is 1. The predicted octanol–water partition coefficient (Wildman–Crippen LogP) is 2.89. The Hall–Kier alpha value is -2.29. The Morgan fingerprint density at radius 3 is 2.37 bits per heavy atom. The summed E-state index contributed by atoms with van der Waals surface area (Å²) in [4.78, 5) is 24.0. The molecular formula is C19H23NO6S. The molecule has 2 aromatic carbocycles. The fourth-order valence-corrected chi connectivity index (χ4v) is 3.69. The molecule has 1 amide bonds. The minimum absolute atomic E-state index is 0.0107. The maximum absolute atomic E-state index is 12.4. The van der Waals surface area contributed by atoms with Gasteiger partial charge in [-0.05, 0) is 31.7 Å². The lowest BCUT2D eigenvalue weighted by atomic mass is 9.95. The lowest BCUT2D eigenvalue weighted by Crippen LogP contribution is -2.36. The van der Waals surface area contributed by atoms with E-state index in [9.17, 15) is 18.0 Å². The van der Waals surface area contributed by atoms with Gasteiger partial charge in [-0.3, -0.25) is 13.8 Å². The Balaban J connectivity index is 2.35. The van der Waals surface area contributed by atoms with Gasteiger partial charge in [0.15, 0.2) is 5.78 Å². The predicted molar refractivity (Wildman–Crippen MR) is 102 cm³/mol. The molecule has 0 saturated heterocycles. The molecule has 0 fully saturated rings. The number of Topliss-reactive ketones (excluding diaryl/α,β-unsaturated/α-hetero) is 1. The molecule has 2 aromatic rings. The molecule has 8 heteroatoms. The van der Waals surface area contributed by atoms with Crippen LogP contribution in [0.4, 0.5) is 5.69 Å². The molecule has 0 bridgehead atoms. The van der Waals surface area contributed by atoms with Crippen LogP contribution < -0.4 is 5.32 Å². The van der Waals surface area contributed by atoms with Crippen molar-refractivity contribution in [2.45, 2.75) is 37.2 Å². The van der Waals surface area contributed by atoms with E-state index in [1.165, 1.54) is 20.1 Å². The number of benzene rings is 2. The zero-order valence-electron chi connectivity index (χ0n) is 15.7. The van der Waals surface area contributed by atoms with Crippen molar-refractivity contribution < 1.29 is 26.9 Å². The molecule has 0 spiro atoms. The second kappa shape index (κ2) is 8.16. The van der Waals surface area contributed by atoms with Gasteiger partial charge in [-0.25, -0.2) is 0 Å². The summed E-state index contributed by atoms with van der Waals surface area (Å²) in [5.41, 5.74) is -0.940. The first-order valence-electron chi connectivity index (χ1n) is 8.33. The number of carbonyl (C=O) groups is 2. The van der Waals surface area contributed by atoms with Gasteiger partial charge in [-0.15, -0.1) is 0 Å². The SMILES string of the molecule is COC(C)(CCC(=O)Nc1ccc2ccccc2c1S(=O)(=O)OC)C(C)=O. The van der Waals surface area contributed by atoms with Crippen molar-refractivity contribution in [3.8, 4) is 0 Å². The zero-order chi connectivity index (χ0) is 20.2. The average molecular weight is 393 g/mol. The van der Waals surface area contributed by atoms with E-state index in [0.717, 1.165) is 7.11 Å². The van der Waals surface area contributed by atoms with Gasteiger partial charge >= 0.3 is 0 Å². The molecule has 1 N–H and O–H groups in total. The van der Waals surface area contributed by atoms with Crippen LogP contribution in [0.1, 0.15) is 26.7 Å². The number of methoxy groups -OCH3 is 1. The number of nitrogens with one attached hydrogen (secondary N) is 1. The van der Waals surface area contributed by atoms with Gasteiger partial charge in [-0.2, -0.15) is 8.42 Å². The van der Waals surface area contributed by atoms with Crippen LogP contribution >= 0.6 is 0 Å². The molecule has 0 aliphatic rings. The van der Waals surface area contributed by atoms with Crippen LogP contribution in [-0.2, 0) is 28.6 Å². The maximum atomic E-state index is 12.4. The van der Waals surface area contributed by atoms with E-state index in [2.05, 4.69) is 9.50 Å². The van der Waals surface area contributed by atoms with Crippen molar-refractivity contribution in [3.05, 3.63) is 36.4 Å². The molecule has 1 unspecified atom stereocenters. The van der Waals surface area contributed by atoms with Crippen LogP contribution in [0.25, 0.3) is 10.8 Å². The van der Waals surface area contributed by atoms with Gasteiger partial charge in [0.05, 0.1) is 12.8 Å². The van der Waals surface area contributed by atoms with Crippen LogP contribution in [0.3, 0.4) is 0 Å². The van der Waals surface area contributed by atoms with Crippen LogP contribution in [0.5, 0.6) is 0 Å². The molecular weight excluding hydrogens is 370 g/mol. The first kappa shape index (κ1) is 21.0. The lowest BCUT2D eigenvalue weighted by molar-refractivity contribution is -0.138. The van der Waals surface area contributed by atoms with Gasteiger partial charge in [0.1, 0.15) is 10.5 Å². The second-order valence-corrected chi connectivity index (χ2v) is 7.97. The van der Waals surface area contributed by atoms with Crippen LogP contribution in [0, 0.1) is 0 Å². The lowest BCUT2D eigenvalue weighted by Gasteiger charge is -2.24. The number of carbonyl (C=O) groups excluding carboxylic acids is 2. The highest BCUT2D eigenvalue weighted by Gasteiger charge is 2.30. The number of amides is 1. The Morgan fingerprint density at radius 1 is 1.11 bits per heavy atom. The van der Waals surface area contributed by atoms with Gasteiger partial charge < -0.3 is 10.1 Å². The van der Waals surface area contributed by atoms with Crippen LogP contribution in [0.2, 0.25) is 0 Å². The summed E-state index contributed by atoms with van der Waals surface area (Å²) in [7, 11) is -1.58.